The van der Waals surface area contributed by atoms with Crippen molar-refractivity contribution < 1.29 is 14.3 Å². The molecule has 2 saturated heterocycles. The number of amides is 2. The molecule has 2 aliphatic heterocycles. The van der Waals surface area contributed by atoms with Gasteiger partial charge in [0, 0.05) is 6.54 Å². The van der Waals surface area contributed by atoms with Crippen LogP contribution in [0.4, 0.5) is 5.69 Å². The van der Waals surface area contributed by atoms with Crippen LogP contribution in [0.25, 0.3) is 0 Å². The van der Waals surface area contributed by atoms with Crippen LogP contribution in [0.5, 0.6) is 5.75 Å². The van der Waals surface area contributed by atoms with E-state index in [4.69, 9.17) is 4.74 Å². The van der Waals surface area contributed by atoms with Gasteiger partial charge in [-0.2, -0.15) is 0 Å². The lowest BCUT2D eigenvalue weighted by atomic mass is 10.0. The maximum absolute atomic E-state index is 12.8. The minimum absolute atomic E-state index is 0.00625. The number of anilines is 1. The van der Waals surface area contributed by atoms with Crippen LogP contribution in [-0.4, -0.2) is 41.9 Å². The molecule has 1 aromatic rings. The molecule has 0 radical (unpaired) electrons. The van der Waals surface area contributed by atoms with Gasteiger partial charge in [0.2, 0.25) is 5.91 Å². The van der Waals surface area contributed by atoms with Gasteiger partial charge in [0.05, 0.1) is 12.3 Å². The van der Waals surface area contributed by atoms with E-state index in [1.165, 1.54) is 0 Å². The van der Waals surface area contributed by atoms with Crippen molar-refractivity contribution in [2.75, 3.05) is 18.1 Å². The Bertz CT molecular complexity index is 572. The predicted octanol–water partition coefficient (Wildman–Crippen LogP) is 1.81. The van der Waals surface area contributed by atoms with Crippen LogP contribution in [-0.2, 0) is 9.59 Å². The topological polar surface area (TPSA) is 49.9 Å². The minimum Gasteiger partial charge on any atom is -0.492 e. The molecule has 2 atom stereocenters. The van der Waals surface area contributed by atoms with E-state index in [-0.39, 0.29) is 17.9 Å². The van der Waals surface area contributed by atoms with Gasteiger partial charge in [-0.25, -0.2) is 0 Å². The number of nitrogens with zero attached hydrogens (tertiary/aromatic N) is 2. The number of carbonyl (C=O) groups is 2. The van der Waals surface area contributed by atoms with E-state index in [2.05, 4.69) is 0 Å². The first kappa shape index (κ1) is 13.9. The lowest BCUT2D eigenvalue weighted by Gasteiger charge is -2.41. The zero-order valence-electron chi connectivity index (χ0n) is 12.4. The summed E-state index contributed by atoms with van der Waals surface area (Å²) >= 11 is 0. The zero-order chi connectivity index (χ0) is 15.0. The molecule has 21 heavy (non-hydrogen) atoms. The summed E-state index contributed by atoms with van der Waals surface area (Å²) in [5, 5.41) is 0. The van der Waals surface area contributed by atoms with Crippen molar-refractivity contribution in [1.82, 2.24) is 4.90 Å². The summed E-state index contributed by atoms with van der Waals surface area (Å²) in [5.41, 5.74) is 0.691. The third-order valence-electron chi connectivity index (χ3n) is 4.23. The molecule has 0 saturated carbocycles. The van der Waals surface area contributed by atoms with Crippen molar-refractivity contribution >= 4 is 17.5 Å². The first-order chi connectivity index (χ1) is 10.1. The van der Waals surface area contributed by atoms with Gasteiger partial charge in [0.1, 0.15) is 17.8 Å². The van der Waals surface area contributed by atoms with E-state index in [1.54, 1.807) is 16.7 Å². The van der Waals surface area contributed by atoms with Gasteiger partial charge in [-0.3, -0.25) is 14.5 Å². The van der Waals surface area contributed by atoms with E-state index in [1.807, 2.05) is 31.2 Å². The normalized spacial score (nSPS) is 25.2. The number of carbonyl (C=O) groups excluding carboxylic acids is 2. The van der Waals surface area contributed by atoms with Crippen molar-refractivity contribution in [3.63, 3.8) is 0 Å². The van der Waals surface area contributed by atoms with Gasteiger partial charge in [-0.15, -0.1) is 0 Å². The van der Waals surface area contributed by atoms with Gasteiger partial charge in [-0.1, -0.05) is 12.1 Å². The monoisotopic (exact) mass is 288 g/mol. The minimum atomic E-state index is -0.478. The van der Waals surface area contributed by atoms with Crippen LogP contribution in [0.15, 0.2) is 24.3 Å². The van der Waals surface area contributed by atoms with Gasteiger partial charge in [-0.05, 0) is 38.8 Å². The lowest BCUT2D eigenvalue weighted by molar-refractivity contribution is -0.143. The quantitative estimate of drug-likeness (QED) is 0.852. The fourth-order valence-electron chi connectivity index (χ4n) is 3.25. The summed E-state index contributed by atoms with van der Waals surface area (Å²) < 4.78 is 5.61. The summed E-state index contributed by atoms with van der Waals surface area (Å²) in [4.78, 5) is 28.6. The summed E-state index contributed by atoms with van der Waals surface area (Å²) in [7, 11) is 0. The SMILES string of the molecule is CCOc1ccccc1N1C(=O)C2CCCN2C(=O)C1C. The Balaban J connectivity index is 2.01. The number of rotatable bonds is 3. The Morgan fingerprint density at radius 1 is 1.24 bits per heavy atom. The molecule has 2 unspecified atom stereocenters. The van der Waals surface area contributed by atoms with Crippen LogP contribution in [0.1, 0.15) is 26.7 Å². The second-order valence-electron chi connectivity index (χ2n) is 5.47. The van der Waals surface area contributed by atoms with E-state index in [0.29, 0.717) is 24.6 Å². The second kappa shape index (κ2) is 5.39. The van der Waals surface area contributed by atoms with Crippen molar-refractivity contribution in [1.29, 1.82) is 0 Å². The molecule has 1 aromatic carbocycles. The molecule has 5 nitrogen and oxygen atoms in total. The number of fused-ring (bicyclic) bond motifs is 1. The number of para-hydroxylation sites is 2. The molecule has 3 rings (SSSR count). The van der Waals surface area contributed by atoms with Crippen molar-refractivity contribution in [2.24, 2.45) is 0 Å². The average molecular weight is 288 g/mol. The van der Waals surface area contributed by atoms with Crippen LogP contribution in [0, 0.1) is 0 Å². The number of hydrogen-bond acceptors (Lipinski definition) is 3. The highest BCUT2D eigenvalue weighted by atomic mass is 16.5. The number of ether oxygens (including phenoxy) is 1. The third kappa shape index (κ3) is 2.17. The van der Waals surface area contributed by atoms with E-state index in [0.717, 1.165) is 12.8 Å². The fourth-order valence-corrected chi connectivity index (χ4v) is 3.25. The molecular weight excluding hydrogens is 268 g/mol. The largest absolute Gasteiger partial charge is 0.492 e. The first-order valence-corrected chi connectivity index (χ1v) is 7.50. The van der Waals surface area contributed by atoms with Gasteiger partial charge < -0.3 is 9.64 Å². The predicted molar refractivity (Wildman–Crippen MR) is 79.3 cm³/mol. The molecule has 0 bridgehead atoms. The Morgan fingerprint density at radius 3 is 2.76 bits per heavy atom. The number of hydrogen-bond donors (Lipinski definition) is 0. The molecule has 2 amide bonds. The van der Waals surface area contributed by atoms with Gasteiger partial charge >= 0.3 is 0 Å². The highest BCUT2D eigenvalue weighted by Crippen LogP contribution is 2.35. The maximum atomic E-state index is 12.8. The summed E-state index contributed by atoms with van der Waals surface area (Å²) in [5.74, 6) is 0.689. The molecule has 0 spiro atoms. The molecule has 0 aromatic heterocycles. The number of piperazine rings is 1. The van der Waals surface area contributed by atoms with Crippen molar-refractivity contribution in [2.45, 2.75) is 38.8 Å². The summed E-state index contributed by atoms with van der Waals surface area (Å²) in [6.07, 6.45) is 1.65. The Kier molecular flexibility index (Phi) is 3.57. The van der Waals surface area contributed by atoms with E-state index in [9.17, 15) is 9.59 Å². The van der Waals surface area contributed by atoms with Crippen LogP contribution in [0.2, 0.25) is 0 Å². The van der Waals surface area contributed by atoms with Gasteiger partial charge in [0.15, 0.2) is 0 Å². The fraction of sp³-hybridized carbons (Fsp3) is 0.500. The van der Waals surface area contributed by atoms with E-state index < -0.39 is 6.04 Å². The van der Waals surface area contributed by atoms with Crippen molar-refractivity contribution in [3.8, 4) is 5.75 Å². The Morgan fingerprint density at radius 2 is 2.00 bits per heavy atom. The molecule has 112 valence electrons. The highest BCUT2D eigenvalue weighted by molar-refractivity contribution is 6.09. The van der Waals surface area contributed by atoms with Crippen LogP contribution in [0.3, 0.4) is 0 Å². The zero-order valence-corrected chi connectivity index (χ0v) is 12.4. The molecular formula is C16H20N2O3. The Hall–Kier alpha value is -2.04. The molecule has 5 heteroatoms. The van der Waals surface area contributed by atoms with Crippen LogP contribution < -0.4 is 9.64 Å². The smallest absolute Gasteiger partial charge is 0.250 e. The molecule has 2 heterocycles. The maximum Gasteiger partial charge on any atom is 0.250 e. The van der Waals surface area contributed by atoms with E-state index >= 15 is 0 Å². The molecule has 0 aliphatic carbocycles. The second-order valence-corrected chi connectivity index (χ2v) is 5.47. The standard InChI is InChI=1S/C16H20N2O3/c1-3-21-14-9-5-4-7-12(14)18-11(2)15(19)17-10-6-8-13(17)16(18)20/h4-5,7,9,11,13H,3,6,8,10H2,1-2H3. The lowest BCUT2D eigenvalue weighted by Crippen LogP contribution is -2.62. The summed E-state index contributed by atoms with van der Waals surface area (Å²) in [6, 6.07) is 6.64. The number of benzene rings is 1. The third-order valence-corrected chi connectivity index (χ3v) is 4.23. The van der Waals surface area contributed by atoms with Crippen molar-refractivity contribution in [3.05, 3.63) is 24.3 Å². The summed E-state index contributed by atoms with van der Waals surface area (Å²) in [6.45, 7) is 4.91. The van der Waals surface area contributed by atoms with Crippen LogP contribution >= 0.6 is 0 Å². The highest BCUT2D eigenvalue weighted by Gasteiger charge is 2.47. The molecule has 2 aliphatic rings. The Labute approximate surface area is 124 Å². The average Bonchev–Trinajstić information content (AvgIpc) is 2.97. The molecule has 0 N–H and O–H groups in total. The molecule has 2 fully saturated rings. The first-order valence-electron chi connectivity index (χ1n) is 7.50. The van der Waals surface area contributed by atoms with Gasteiger partial charge in [0.25, 0.3) is 5.91 Å².